The highest BCUT2D eigenvalue weighted by molar-refractivity contribution is 7.89. The Balaban J connectivity index is 2.06. The van der Waals surface area contributed by atoms with Crippen molar-refractivity contribution in [1.29, 1.82) is 0 Å². The molecule has 1 aromatic heterocycles. The lowest BCUT2D eigenvalue weighted by Gasteiger charge is -2.21. The first kappa shape index (κ1) is 20.1. The van der Waals surface area contributed by atoms with E-state index in [1.165, 1.54) is 6.92 Å². The van der Waals surface area contributed by atoms with Crippen LogP contribution in [0, 0.1) is 20.8 Å². The van der Waals surface area contributed by atoms with Gasteiger partial charge in [-0.25, -0.2) is 13.1 Å². The summed E-state index contributed by atoms with van der Waals surface area (Å²) in [5, 5.41) is 0. The Morgan fingerprint density at radius 1 is 1.12 bits per heavy atom. The number of aryl methyl sites for hydroxylation is 3. The zero-order valence-corrected chi connectivity index (χ0v) is 16.4. The van der Waals surface area contributed by atoms with Gasteiger partial charge >= 0.3 is 0 Å². The Labute approximate surface area is 155 Å². The maximum absolute atomic E-state index is 12.7. The van der Waals surface area contributed by atoms with Gasteiger partial charge in [-0.15, -0.1) is 0 Å². The van der Waals surface area contributed by atoms with Gasteiger partial charge in [0, 0.05) is 39.0 Å². The number of hydrogen-bond acceptors (Lipinski definition) is 4. The average molecular weight is 375 g/mol. The molecule has 0 bridgehead atoms. The summed E-state index contributed by atoms with van der Waals surface area (Å²) in [7, 11) is -3.63. The SMILES string of the molecule is CC(=O)N(CCNS(=O)(=O)c1c(C)cc(C)cc1C)Cc1ccncc1. The standard InChI is InChI=1S/C19H25N3O3S/c1-14-11-15(2)19(16(3)12-14)26(24,25)21-9-10-22(17(4)23)13-18-5-7-20-8-6-18/h5-8,11-12,21H,9-10,13H2,1-4H3. The van der Waals surface area contributed by atoms with Gasteiger partial charge in [-0.3, -0.25) is 9.78 Å². The molecule has 140 valence electrons. The third-order valence-corrected chi connectivity index (χ3v) is 5.88. The summed E-state index contributed by atoms with van der Waals surface area (Å²) in [6, 6.07) is 7.37. The van der Waals surface area contributed by atoms with Gasteiger partial charge in [0.15, 0.2) is 0 Å². The molecular formula is C19H25N3O3S. The first-order chi connectivity index (χ1) is 12.2. The summed E-state index contributed by atoms with van der Waals surface area (Å²) in [6.07, 6.45) is 3.33. The Morgan fingerprint density at radius 2 is 1.69 bits per heavy atom. The minimum Gasteiger partial charge on any atom is -0.337 e. The second-order valence-electron chi connectivity index (χ2n) is 6.42. The topological polar surface area (TPSA) is 79.4 Å². The minimum absolute atomic E-state index is 0.108. The number of nitrogens with one attached hydrogen (secondary N) is 1. The number of carbonyl (C=O) groups excluding carboxylic acids is 1. The molecule has 2 rings (SSSR count). The van der Waals surface area contributed by atoms with Crippen LogP contribution in [0.1, 0.15) is 29.2 Å². The van der Waals surface area contributed by atoms with Crippen LogP contribution in [0.3, 0.4) is 0 Å². The molecular weight excluding hydrogens is 350 g/mol. The normalized spacial score (nSPS) is 11.4. The van der Waals surface area contributed by atoms with Gasteiger partial charge in [-0.05, 0) is 49.6 Å². The van der Waals surface area contributed by atoms with E-state index in [2.05, 4.69) is 9.71 Å². The average Bonchev–Trinajstić information content (AvgIpc) is 2.53. The molecule has 0 fully saturated rings. The van der Waals surface area contributed by atoms with Gasteiger partial charge in [0.05, 0.1) is 4.90 Å². The molecule has 1 aromatic carbocycles. The zero-order chi connectivity index (χ0) is 19.3. The molecule has 1 heterocycles. The lowest BCUT2D eigenvalue weighted by Crippen LogP contribution is -2.37. The van der Waals surface area contributed by atoms with E-state index >= 15 is 0 Å². The van der Waals surface area contributed by atoms with Crippen molar-refractivity contribution in [2.45, 2.75) is 39.1 Å². The molecule has 7 heteroatoms. The van der Waals surface area contributed by atoms with Crippen LogP contribution in [-0.2, 0) is 21.4 Å². The third kappa shape index (κ3) is 5.12. The molecule has 0 aliphatic rings. The highest BCUT2D eigenvalue weighted by Crippen LogP contribution is 2.21. The fraction of sp³-hybridized carbons (Fsp3) is 0.368. The number of aromatic nitrogens is 1. The number of nitrogens with zero attached hydrogens (tertiary/aromatic N) is 2. The first-order valence-corrected chi connectivity index (χ1v) is 9.91. The molecule has 0 aliphatic carbocycles. The lowest BCUT2D eigenvalue weighted by atomic mass is 10.1. The first-order valence-electron chi connectivity index (χ1n) is 8.42. The zero-order valence-electron chi connectivity index (χ0n) is 15.6. The van der Waals surface area contributed by atoms with Crippen LogP contribution in [0.4, 0.5) is 0 Å². The quantitative estimate of drug-likeness (QED) is 0.805. The number of amides is 1. The second-order valence-corrected chi connectivity index (χ2v) is 8.13. The number of sulfonamides is 1. The molecule has 6 nitrogen and oxygen atoms in total. The number of rotatable bonds is 7. The van der Waals surface area contributed by atoms with Crippen molar-refractivity contribution in [3.8, 4) is 0 Å². The molecule has 26 heavy (non-hydrogen) atoms. The van der Waals surface area contributed by atoms with E-state index in [1.54, 1.807) is 31.1 Å². The summed E-state index contributed by atoms with van der Waals surface area (Å²) in [6.45, 7) is 7.86. The number of hydrogen-bond donors (Lipinski definition) is 1. The van der Waals surface area contributed by atoms with E-state index in [1.807, 2.05) is 31.2 Å². The van der Waals surface area contributed by atoms with Gasteiger partial charge in [0.2, 0.25) is 15.9 Å². The fourth-order valence-corrected chi connectivity index (χ4v) is 4.50. The maximum atomic E-state index is 12.7. The van der Waals surface area contributed by atoms with E-state index in [0.29, 0.717) is 18.0 Å². The summed E-state index contributed by atoms with van der Waals surface area (Å²) >= 11 is 0. The van der Waals surface area contributed by atoms with Crippen LogP contribution in [0.5, 0.6) is 0 Å². The van der Waals surface area contributed by atoms with Crippen LogP contribution in [0.25, 0.3) is 0 Å². The fourth-order valence-electron chi connectivity index (χ4n) is 3.03. The lowest BCUT2D eigenvalue weighted by molar-refractivity contribution is -0.129. The van der Waals surface area contributed by atoms with Crippen molar-refractivity contribution in [3.05, 3.63) is 58.9 Å². The molecule has 1 N–H and O–H groups in total. The molecule has 0 saturated carbocycles. The maximum Gasteiger partial charge on any atom is 0.241 e. The van der Waals surface area contributed by atoms with Crippen LogP contribution in [-0.4, -0.2) is 37.3 Å². The van der Waals surface area contributed by atoms with E-state index in [0.717, 1.165) is 22.3 Å². The molecule has 0 saturated heterocycles. The number of benzene rings is 1. The van der Waals surface area contributed by atoms with E-state index in [-0.39, 0.29) is 12.5 Å². The van der Waals surface area contributed by atoms with Crippen LogP contribution < -0.4 is 4.72 Å². The van der Waals surface area contributed by atoms with Crippen LogP contribution in [0.2, 0.25) is 0 Å². The van der Waals surface area contributed by atoms with Crippen molar-refractivity contribution < 1.29 is 13.2 Å². The predicted molar refractivity (Wildman–Crippen MR) is 101 cm³/mol. The third-order valence-electron chi connectivity index (χ3n) is 4.12. The second kappa shape index (κ2) is 8.42. The van der Waals surface area contributed by atoms with E-state index in [9.17, 15) is 13.2 Å². The Kier molecular flexibility index (Phi) is 6.50. The van der Waals surface area contributed by atoms with Gasteiger partial charge in [0.1, 0.15) is 0 Å². The number of pyridine rings is 1. The predicted octanol–water partition coefficient (Wildman–Crippen LogP) is 2.33. The van der Waals surface area contributed by atoms with Crippen molar-refractivity contribution in [2.24, 2.45) is 0 Å². The molecule has 0 unspecified atom stereocenters. The summed E-state index contributed by atoms with van der Waals surface area (Å²) in [5.74, 6) is -0.108. The van der Waals surface area contributed by atoms with Gasteiger partial charge in [0.25, 0.3) is 0 Å². The van der Waals surface area contributed by atoms with Crippen LogP contribution >= 0.6 is 0 Å². The summed E-state index contributed by atoms with van der Waals surface area (Å²) < 4.78 is 28.0. The smallest absolute Gasteiger partial charge is 0.241 e. The highest BCUT2D eigenvalue weighted by atomic mass is 32.2. The molecule has 0 spiro atoms. The van der Waals surface area contributed by atoms with Gasteiger partial charge < -0.3 is 4.90 Å². The summed E-state index contributed by atoms with van der Waals surface area (Å²) in [4.78, 5) is 17.7. The van der Waals surface area contributed by atoms with Gasteiger partial charge in [-0.2, -0.15) is 0 Å². The molecule has 1 amide bonds. The van der Waals surface area contributed by atoms with E-state index < -0.39 is 10.0 Å². The molecule has 0 aliphatic heterocycles. The Morgan fingerprint density at radius 3 is 2.23 bits per heavy atom. The molecule has 0 radical (unpaired) electrons. The van der Waals surface area contributed by atoms with Crippen molar-refractivity contribution in [3.63, 3.8) is 0 Å². The Bertz CT molecular complexity index is 857. The summed E-state index contributed by atoms with van der Waals surface area (Å²) in [5.41, 5.74) is 3.41. The largest absolute Gasteiger partial charge is 0.337 e. The Hall–Kier alpha value is -2.25. The van der Waals surface area contributed by atoms with Crippen LogP contribution in [0.15, 0.2) is 41.6 Å². The van der Waals surface area contributed by atoms with Crippen molar-refractivity contribution in [2.75, 3.05) is 13.1 Å². The number of carbonyl (C=O) groups is 1. The van der Waals surface area contributed by atoms with Crippen molar-refractivity contribution >= 4 is 15.9 Å². The molecule has 0 atom stereocenters. The van der Waals surface area contributed by atoms with E-state index in [4.69, 9.17) is 0 Å². The minimum atomic E-state index is -3.63. The van der Waals surface area contributed by atoms with Gasteiger partial charge in [-0.1, -0.05) is 17.7 Å². The highest BCUT2D eigenvalue weighted by Gasteiger charge is 2.20. The molecule has 2 aromatic rings. The van der Waals surface area contributed by atoms with Crippen molar-refractivity contribution in [1.82, 2.24) is 14.6 Å². The monoisotopic (exact) mass is 375 g/mol.